The average Bonchev–Trinajstić information content (AvgIpc) is 1.89. The van der Waals surface area contributed by atoms with Crippen LogP contribution in [0.2, 0.25) is 0 Å². The second-order valence-corrected chi connectivity index (χ2v) is 3.77. The second kappa shape index (κ2) is 7.66. The van der Waals surface area contributed by atoms with Crippen LogP contribution in [0.1, 0.15) is 14.7 Å². The minimum Gasteiger partial charge on any atom is -0.330 e. The standard InChI is InChI=1S/C5H13NS2/c1-2-4-7-8-5-3-6/h2-6H2,1H3/i5D. The Morgan fingerprint density at radius 1 is 1.62 bits per heavy atom. The zero-order chi connectivity index (χ0) is 7.11. The molecular formula is C5H13NS2. The van der Waals surface area contributed by atoms with Gasteiger partial charge in [-0.05, 0) is 6.42 Å². The van der Waals surface area contributed by atoms with Crippen LogP contribution in [0, 0.1) is 0 Å². The van der Waals surface area contributed by atoms with Crippen molar-refractivity contribution < 1.29 is 1.37 Å². The van der Waals surface area contributed by atoms with Gasteiger partial charge in [-0.15, -0.1) is 0 Å². The van der Waals surface area contributed by atoms with Gasteiger partial charge in [0.05, 0.1) is 0 Å². The summed E-state index contributed by atoms with van der Waals surface area (Å²) in [5, 5.41) is 0. The van der Waals surface area contributed by atoms with E-state index in [1.54, 1.807) is 21.6 Å². The molecule has 1 nitrogen and oxygen atoms in total. The molecule has 3 heteroatoms. The molecule has 0 amide bonds. The highest BCUT2D eigenvalue weighted by Crippen LogP contribution is 2.20. The molecule has 0 spiro atoms. The molecule has 2 N–H and O–H groups in total. The van der Waals surface area contributed by atoms with Gasteiger partial charge in [0.1, 0.15) is 0 Å². The quantitative estimate of drug-likeness (QED) is 0.480. The Bertz CT molecular complexity index is 62.9. The van der Waals surface area contributed by atoms with E-state index >= 15 is 0 Å². The smallest absolute Gasteiger partial charge is 0.0402 e. The fourth-order valence-corrected chi connectivity index (χ4v) is 1.97. The molecule has 0 aliphatic carbocycles. The van der Waals surface area contributed by atoms with E-state index in [1.807, 2.05) is 0 Å². The third-order valence-electron chi connectivity index (χ3n) is 0.520. The first-order chi connectivity index (χ1) is 4.31. The Hall–Kier alpha value is 0.660. The van der Waals surface area contributed by atoms with Crippen LogP contribution in [0.4, 0.5) is 0 Å². The third kappa shape index (κ3) is 6.66. The fraction of sp³-hybridized carbons (Fsp3) is 1.00. The van der Waals surface area contributed by atoms with E-state index in [2.05, 4.69) is 6.92 Å². The van der Waals surface area contributed by atoms with Crippen LogP contribution < -0.4 is 5.73 Å². The molecule has 0 saturated carbocycles. The van der Waals surface area contributed by atoms with E-state index in [0.29, 0.717) is 6.54 Å². The van der Waals surface area contributed by atoms with Gasteiger partial charge in [-0.3, -0.25) is 0 Å². The summed E-state index contributed by atoms with van der Waals surface area (Å²) >= 11 is 0. The molecule has 0 rings (SSSR count). The van der Waals surface area contributed by atoms with Crippen LogP contribution in [0.25, 0.3) is 0 Å². The zero-order valence-corrected chi connectivity index (χ0v) is 6.73. The second-order valence-electron chi connectivity index (χ2n) is 1.32. The molecule has 0 bridgehead atoms. The molecule has 0 saturated heterocycles. The van der Waals surface area contributed by atoms with Crippen molar-refractivity contribution >= 4 is 21.6 Å². The number of hydrogen-bond acceptors (Lipinski definition) is 3. The highest BCUT2D eigenvalue weighted by atomic mass is 33.1. The lowest BCUT2D eigenvalue weighted by Gasteiger charge is -1.93. The molecule has 1 atom stereocenters. The maximum Gasteiger partial charge on any atom is 0.0402 e. The predicted octanol–water partition coefficient (Wildman–Crippen LogP) is 1.74. The zero-order valence-electron chi connectivity index (χ0n) is 6.09. The molecule has 8 heavy (non-hydrogen) atoms. The van der Waals surface area contributed by atoms with Gasteiger partial charge in [0.15, 0.2) is 0 Å². The predicted molar refractivity (Wildman–Crippen MR) is 44.3 cm³/mol. The minimum absolute atomic E-state index is 0.137. The van der Waals surface area contributed by atoms with Gasteiger partial charge in [0, 0.05) is 19.4 Å². The molecule has 0 aromatic rings. The van der Waals surface area contributed by atoms with Crippen LogP contribution >= 0.6 is 21.6 Å². The fourth-order valence-electron chi connectivity index (χ4n) is 0.219. The lowest BCUT2D eigenvalue weighted by atomic mass is 10.6. The van der Waals surface area contributed by atoms with Crippen LogP contribution in [-0.4, -0.2) is 18.0 Å². The molecule has 0 aliphatic rings. The number of rotatable bonds is 5. The van der Waals surface area contributed by atoms with Crippen molar-refractivity contribution in [2.45, 2.75) is 13.3 Å². The van der Waals surface area contributed by atoms with Crippen LogP contribution in [0.15, 0.2) is 0 Å². The molecule has 0 aliphatic heterocycles. The Morgan fingerprint density at radius 2 is 2.38 bits per heavy atom. The molecule has 0 fully saturated rings. The van der Waals surface area contributed by atoms with E-state index < -0.39 is 0 Å². The summed E-state index contributed by atoms with van der Waals surface area (Å²) in [5.74, 6) is 1.13. The minimum atomic E-state index is -0.137. The molecule has 0 aromatic heterocycles. The summed E-state index contributed by atoms with van der Waals surface area (Å²) in [4.78, 5) is 0. The first kappa shape index (κ1) is 6.78. The Morgan fingerprint density at radius 3 is 2.88 bits per heavy atom. The average molecular weight is 152 g/mol. The normalized spacial score (nSPS) is 15.5. The lowest BCUT2D eigenvalue weighted by Crippen LogP contribution is -1.99. The lowest BCUT2D eigenvalue weighted by molar-refractivity contribution is 1.11. The summed E-state index contributed by atoms with van der Waals surface area (Å²) in [6, 6.07) is 0. The van der Waals surface area contributed by atoms with Crippen molar-refractivity contribution in [1.29, 1.82) is 0 Å². The largest absolute Gasteiger partial charge is 0.330 e. The van der Waals surface area contributed by atoms with E-state index in [9.17, 15) is 0 Å². The van der Waals surface area contributed by atoms with Crippen molar-refractivity contribution in [2.24, 2.45) is 5.73 Å². The van der Waals surface area contributed by atoms with Crippen LogP contribution in [-0.2, 0) is 0 Å². The van der Waals surface area contributed by atoms with Gasteiger partial charge in [0.2, 0.25) is 0 Å². The monoisotopic (exact) mass is 152 g/mol. The van der Waals surface area contributed by atoms with E-state index in [0.717, 1.165) is 5.75 Å². The summed E-state index contributed by atoms with van der Waals surface area (Å²) in [6.45, 7) is 2.59. The SMILES string of the molecule is [2H]C(CN)SSCCC. The molecule has 0 aromatic carbocycles. The van der Waals surface area contributed by atoms with E-state index in [-0.39, 0.29) is 5.73 Å². The molecule has 0 radical (unpaired) electrons. The van der Waals surface area contributed by atoms with Crippen molar-refractivity contribution in [3.63, 3.8) is 0 Å². The third-order valence-corrected chi connectivity index (χ3v) is 2.88. The topological polar surface area (TPSA) is 26.0 Å². The summed E-state index contributed by atoms with van der Waals surface area (Å²) in [7, 11) is 3.29. The first-order valence-electron chi connectivity index (χ1n) is 3.29. The van der Waals surface area contributed by atoms with Gasteiger partial charge >= 0.3 is 0 Å². The molecule has 0 heterocycles. The Kier molecular flexibility index (Phi) is 6.49. The number of nitrogens with two attached hydrogens (primary N) is 1. The highest BCUT2D eigenvalue weighted by molar-refractivity contribution is 8.76. The number of hydrogen-bond donors (Lipinski definition) is 1. The maximum atomic E-state index is 7.22. The summed E-state index contributed by atoms with van der Waals surface area (Å²) in [6.07, 6.45) is 1.18. The van der Waals surface area contributed by atoms with E-state index in [4.69, 9.17) is 7.10 Å². The summed E-state index contributed by atoms with van der Waals surface area (Å²) < 4.78 is 7.22. The molecule has 1 unspecified atom stereocenters. The Labute approximate surface area is 60.6 Å². The van der Waals surface area contributed by atoms with Gasteiger partial charge in [-0.25, -0.2) is 0 Å². The molecule has 50 valence electrons. The van der Waals surface area contributed by atoms with Crippen molar-refractivity contribution in [2.75, 3.05) is 18.0 Å². The first-order valence-corrected chi connectivity index (χ1v) is 5.10. The van der Waals surface area contributed by atoms with Gasteiger partial charge in [-0.1, -0.05) is 28.5 Å². The van der Waals surface area contributed by atoms with Crippen molar-refractivity contribution in [3.8, 4) is 0 Å². The maximum absolute atomic E-state index is 7.22. The van der Waals surface area contributed by atoms with Crippen LogP contribution in [0.5, 0.6) is 0 Å². The van der Waals surface area contributed by atoms with E-state index in [1.165, 1.54) is 6.42 Å². The van der Waals surface area contributed by atoms with Crippen LogP contribution in [0.3, 0.4) is 0 Å². The van der Waals surface area contributed by atoms with Gasteiger partial charge in [-0.2, -0.15) is 0 Å². The molecular weight excluding hydrogens is 138 g/mol. The Balaban J connectivity index is 2.88. The van der Waals surface area contributed by atoms with Gasteiger partial charge < -0.3 is 5.73 Å². The van der Waals surface area contributed by atoms with Crippen molar-refractivity contribution in [1.82, 2.24) is 0 Å². The van der Waals surface area contributed by atoms with Gasteiger partial charge in [0.25, 0.3) is 0 Å². The summed E-state index contributed by atoms with van der Waals surface area (Å²) in [5.41, 5.74) is 5.10. The highest BCUT2D eigenvalue weighted by Gasteiger charge is 1.83. The van der Waals surface area contributed by atoms with Crippen molar-refractivity contribution in [3.05, 3.63) is 0 Å².